The Kier molecular flexibility index (Phi) is 8.73. The number of ketones is 3. The second kappa shape index (κ2) is 11.9. The molecule has 5 aliphatic carbocycles. The number of rotatable bonds is 9. The SMILES string of the molecule is C[C@]12CCC(=O)C=C1CC[C@@H]1[C@H]2C(=O)C[C@@]2(C)[C@@H]1CC[C@]2(O)C(=O)COC(=O)CCC(=O)NCC1CCC(C(=O)O)CC1. The second-order valence-electron chi connectivity index (χ2n) is 14.2. The van der Waals surface area contributed by atoms with Gasteiger partial charge in [0.25, 0.3) is 0 Å². The Labute approximate surface area is 252 Å². The van der Waals surface area contributed by atoms with Gasteiger partial charge in [-0.3, -0.25) is 28.8 Å². The normalized spacial score (nSPS) is 38.7. The van der Waals surface area contributed by atoms with Crippen LogP contribution in [0.5, 0.6) is 0 Å². The highest BCUT2D eigenvalue weighted by atomic mass is 16.5. The summed E-state index contributed by atoms with van der Waals surface area (Å²) >= 11 is 0. The summed E-state index contributed by atoms with van der Waals surface area (Å²) in [6.45, 7) is 3.75. The van der Waals surface area contributed by atoms with E-state index in [1.165, 1.54) is 0 Å². The number of fused-ring (bicyclic) bond motifs is 5. The first-order valence-corrected chi connectivity index (χ1v) is 16.0. The molecule has 5 rings (SSSR count). The number of ether oxygens (including phenoxy) is 1. The molecule has 0 radical (unpaired) electrons. The molecule has 0 spiro atoms. The number of allylic oxidation sites excluding steroid dienone is 1. The van der Waals surface area contributed by atoms with Crippen molar-refractivity contribution in [2.75, 3.05) is 13.2 Å². The maximum Gasteiger partial charge on any atom is 0.306 e. The molecular formula is C33H45NO9. The number of aliphatic carboxylic acids is 1. The minimum atomic E-state index is -1.78. The van der Waals surface area contributed by atoms with Crippen LogP contribution in [0, 0.1) is 40.4 Å². The molecule has 0 unspecified atom stereocenters. The first kappa shape index (κ1) is 31.5. The van der Waals surface area contributed by atoms with E-state index in [1.807, 2.05) is 6.92 Å². The van der Waals surface area contributed by atoms with Crippen LogP contribution in [-0.2, 0) is 33.5 Å². The Morgan fingerprint density at radius 1 is 0.977 bits per heavy atom. The zero-order valence-corrected chi connectivity index (χ0v) is 25.3. The summed E-state index contributed by atoms with van der Waals surface area (Å²) in [4.78, 5) is 75.0. The van der Waals surface area contributed by atoms with Crippen molar-refractivity contribution in [3.8, 4) is 0 Å². The molecule has 0 aromatic heterocycles. The molecular weight excluding hydrogens is 554 g/mol. The number of carboxylic acid groups (broad SMARTS) is 1. The number of carbonyl (C=O) groups excluding carboxylic acids is 5. The van der Waals surface area contributed by atoms with Crippen LogP contribution < -0.4 is 5.32 Å². The van der Waals surface area contributed by atoms with E-state index in [0.717, 1.165) is 31.3 Å². The summed E-state index contributed by atoms with van der Waals surface area (Å²) < 4.78 is 5.21. The summed E-state index contributed by atoms with van der Waals surface area (Å²) in [5.41, 5.74) is -2.04. The van der Waals surface area contributed by atoms with Crippen molar-refractivity contribution in [3.63, 3.8) is 0 Å². The number of hydrogen-bond acceptors (Lipinski definition) is 8. The average molecular weight is 600 g/mol. The molecule has 4 fully saturated rings. The van der Waals surface area contributed by atoms with Gasteiger partial charge in [-0.15, -0.1) is 0 Å². The summed E-state index contributed by atoms with van der Waals surface area (Å²) in [7, 11) is 0. The molecule has 0 aliphatic heterocycles. The molecule has 0 aromatic carbocycles. The summed E-state index contributed by atoms with van der Waals surface area (Å²) in [6, 6.07) is 0. The molecule has 5 aliphatic rings. The highest BCUT2D eigenvalue weighted by Crippen LogP contribution is 2.66. The molecule has 0 bridgehead atoms. The fourth-order valence-electron chi connectivity index (χ4n) is 9.36. The van der Waals surface area contributed by atoms with Gasteiger partial charge in [0.1, 0.15) is 11.4 Å². The summed E-state index contributed by atoms with van der Waals surface area (Å²) in [6.07, 6.45) is 7.54. The predicted molar refractivity (Wildman–Crippen MR) is 153 cm³/mol. The van der Waals surface area contributed by atoms with Gasteiger partial charge in [-0.2, -0.15) is 0 Å². The molecule has 0 heterocycles. The van der Waals surface area contributed by atoms with Gasteiger partial charge >= 0.3 is 11.9 Å². The Hall–Kier alpha value is -2.88. The fourth-order valence-corrected chi connectivity index (χ4v) is 9.36. The highest BCUT2D eigenvalue weighted by molar-refractivity contribution is 5.95. The summed E-state index contributed by atoms with van der Waals surface area (Å²) in [5, 5.41) is 23.7. The average Bonchev–Trinajstić information content (AvgIpc) is 3.24. The molecule has 6 atom stereocenters. The van der Waals surface area contributed by atoms with E-state index in [9.17, 15) is 33.9 Å². The number of carboxylic acids is 1. The number of hydrogen-bond donors (Lipinski definition) is 3. The lowest BCUT2D eigenvalue weighted by Gasteiger charge is -2.57. The fraction of sp³-hybridized carbons (Fsp3) is 0.758. The van der Waals surface area contributed by atoms with E-state index < -0.39 is 35.3 Å². The molecule has 3 N–H and O–H groups in total. The molecule has 4 saturated carbocycles. The molecule has 1 amide bonds. The second-order valence-corrected chi connectivity index (χ2v) is 14.2. The van der Waals surface area contributed by atoms with Crippen LogP contribution >= 0.6 is 0 Å². The van der Waals surface area contributed by atoms with Crippen molar-refractivity contribution in [2.24, 2.45) is 40.4 Å². The van der Waals surface area contributed by atoms with Gasteiger partial charge in [-0.05, 0) is 87.0 Å². The number of nitrogens with one attached hydrogen (secondary N) is 1. The van der Waals surface area contributed by atoms with E-state index in [2.05, 4.69) is 12.2 Å². The standard InChI is InChI=1S/C33H45NO9/c1-31-13-11-22(35)15-21(31)7-8-23-24-12-14-33(42,32(24,2)16-25(36)29(23)31)26(37)18-43-28(39)10-9-27(38)34-17-19-3-5-20(6-4-19)30(40)41/h15,19-20,23-24,29,42H,3-14,16-18H2,1-2H3,(H,34,38)(H,40,41)/t19?,20?,23-,24+,29-,31-,32-,33-/m0/s1. The monoisotopic (exact) mass is 599 g/mol. The lowest BCUT2D eigenvalue weighted by molar-refractivity contribution is -0.173. The topological polar surface area (TPSA) is 164 Å². The van der Waals surface area contributed by atoms with Crippen LogP contribution in [0.2, 0.25) is 0 Å². The van der Waals surface area contributed by atoms with Crippen LogP contribution in [0.4, 0.5) is 0 Å². The Balaban J connectivity index is 1.12. The Morgan fingerprint density at radius 3 is 2.40 bits per heavy atom. The Bertz CT molecular complexity index is 1230. The minimum absolute atomic E-state index is 0.0247. The van der Waals surface area contributed by atoms with Gasteiger partial charge < -0.3 is 20.3 Å². The summed E-state index contributed by atoms with van der Waals surface area (Å²) in [5.74, 6) is -2.58. The highest BCUT2D eigenvalue weighted by Gasteiger charge is 2.68. The van der Waals surface area contributed by atoms with Gasteiger partial charge in [-0.1, -0.05) is 19.4 Å². The van der Waals surface area contributed by atoms with Gasteiger partial charge in [0.2, 0.25) is 11.7 Å². The quantitative estimate of drug-likeness (QED) is 0.337. The van der Waals surface area contributed by atoms with Crippen LogP contribution in [0.3, 0.4) is 0 Å². The molecule has 43 heavy (non-hydrogen) atoms. The third-order valence-corrected chi connectivity index (χ3v) is 12.0. The molecule has 0 saturated heterocycles. The molecule has 236 valence electrons. The van der Waals surface area contributed by atoms with Crippen molar-refractivity contribution in [2.45, 2.75) is 103 Å². The zero-order valence-electron chi connectivity index (χ0n) is 25.3. The van der Waals surface area contributed by atoms with E-state index >= 15 is 0 Å². The van der Waals surface area contributed by atoms with Gasteiger partial charge in [0.05, 0.1) is 12.3 Å². The first-order valence-electron chi connectivity index (χ1n) is 16.0. The van der Waals surface area contributed by atoms with Gasteiger partial charge in [-0.25, -0.2) is 0 Å². The number of amides is 1. The molecule has 0 aromatic rings. The third-order valence-electron chi connectivity index (χ3n) is 12.0. The number of esters is 1. The van der Waals surface area contributed by atoms with Crippen LogP contribution in [0.1, 0.15) is 97.3 Å². The number of carbonyl (C=O) groups is 6. The van der Waals surface area contributed by atoms with E-state index in [1.54, 1.807) is 6.08 Å². The minimum Gasteiger partial charge on any atom is -0.481 e. The number of aliphatic hydroxyl groups is 1. The van der Waals surface area contributed by atoms with Gasteiger partial charge in [0.15, 0.2) is 12.4 Å². The molecule has 10 nitrogen and oxygen atoms in total. The van der Waals surface area contributed by atoms with E-state index in [4.69, 9.17) is 9.84 Å². The van der Waals surface area contributed by atoms with Gasteiger partial charge in [0, 0.05) is 37.1 Å². The predicted octanol–water partition coefficient (Wildman–Crippen LogP) is 3.33. The number of Topliss-reactive ketones (excluding diaryl/α,β-unsaturated/α-hetero) is 2. The van der Waals surface area contributed by atoms with Crippen molar-refractivity contribution >= 4 is 35.2 Å². The van der Waals surface area contributed by atoms with Crippen molar-refractivity contribution in [3.05, 3.63) is 11.6 Å². The smallest absolute Gasteiger partial charge is 0.306 e. The molecule has 10 heteroatoms. The zero-order chi connectivity index (χ0) is 31.2. The van der Waals surface area contributed by atoms with Crippen molar-refractivity contribution in [1.29, 1.82) is 0 Å². The maximum absolute atomic E-state index is 13.8. The van der Waals surface area contributed by atoms with Crippen molar-refractivity contribution < 1.29 is 43.7 Å². The lowest BCUT2D eigenvalue weighted by Crippen LogP contribution is -2.61. The lowest BCUT2D eigenvalue weighted by atomic mass is 9.46. The van der Waals surface area contributed by atoms with Crippen LogP contribution in [-0.4, -0.2) is 64.2 Å². The van der Waals surface area contributed by atoms with Crippen LogP contribution in [0.15, 0.2) is 11.6 Å². The first-order chi connectivity index (χ1) is 20.3. The van der Waals surface area contributed by atoms with Crippen molar-refractivity contribution in [1.82, 2.24) is 5.32 Å². The van der Waals surface area contributed by atoms with E-state index in [-0.39, 0.29) is 78.2 Å². The maximum atomic E-state index is 13.8. The largest absolute Gasteiger partial charge is 0.481 e. The Morgan fingerprint density at radius 2 is 1.70 bits per heavy atom. The van der Waals surface area contributed by atoms with E-state index in [0.29, 0.717) is 38.6 Å². The third kappa shape index (κ3) is 5.71. The van der Waals surface area contributed by atoms with Crippen LogP contribution in [0.25, 0.3) is 0 Å².